The highest BCUT2D eigenvalue weighted by Crippen LogP contribution is 2.47. The molecule has 3 nitrogen and oxygen atoms in total. The van der Waals surface area contributed by atoms with E-state index < -0.39 is 13.9 Å². The van der Waals surface area contributed by atoms with Gasteiger partial charge < -0.3 is 9.84 Å². The van der Waals surface area contributed by atoms with Crippen LogP contribution >= 0.6 is 7.92 Å². The van der Waals surface area contributed by atoms with Gasteiger partial charge in [-0.3, -0.25) is 0 Å². The van der Waals surface area contributed by atoms with Gasteiger partial charge in [0.05, 0.1) is 0 Å². The number of rotatable bonds is 7. The Morgan fingerprint density at radius 2 is 1.14 bits per heavy atom. The molecule has 4 heteroatoms. The number of ether oxygens (including phenoxy) is 1. The third kappa shape index (κ3) is 5.77. The van der Waals surface area contributed by atoms with E-state index in [0.717, 1.165) is 37.7 Å². The molecule has 0 amide bonds. The zero-order chi connectivity index (χ0) is 29.4. The SMILES string of the molecule is Cc1cc(C)cc(P(c2cc(C)cc(C)c2)c2ccc3c(c2-c2c(OCC(=O)O)ccc4c2CCCC4)CCCC3)c1. The summed E-state index contributed by atoms with van der Waals surface area (Å²) in [6.07, 6.45) is 8.93. The van der Waals surface area contributed by atoms with Gasteiger partial charge in [-0.1, -0.05) is 76.9 Å². The molecule has 0 heterocycles. The van der Waals surface area contributed by atoms with E-state index in [4.69, 9.17) is 4.74 Å². The van der Waals surface area contributed by atoms with Crippen molar-refractivity contribution >= 4 is 29.8 Å². The predicted molar refractivity (Wildman–Crippen MR) is 176 cm³/mol. The molecule has 4 aromatic carbocycles. The zero-order valence-electron chi connectivity index (χ0n) is 25.3. The molecule has 4 aromatic rings. The van der Waals surface area contributed by atoms with Gasteiger partial charge in [-0.2, -0.15) is 0 Å². The van der Waals surface area contributed by atoms with Crippen LogP contribution in [0.3, 0.4) is 0 Å². The molecule has 0 unspecified atom stereocenters. The molecule has 2 aliphatic carbocycles. The van der Waals surface area contributed by atoms with Crippen molar-refractivity contribution in [2.75, 3.05) is 6.61 Å². The second-order valence-electron chi connectivity index (χ2n) is 12.3. The molecule has 216 valence electrons. The average Bonchev–Trinajstić information content (AvgIpc) is 2.95. The summed E-state index contributed by atoms with van der Waals surface area (Å²) < 4.78 is 6.14. The van der Waals surface area contributed by atoms with Crippen LogP contribution in [0.2, 0.25) is 0 Å². The van der Waals surface area contributed by atoms with Crippen LogP contribution in [0.25, 0.3) is 11.1 Å². The summed E-state index contributed by atoms with van der Waals surface area (Å²) in [6.45, 7) is 8.46. The third-order valence-corrected chi connectivity index (χ3v) is 11.2. The van der Waals surface area contributed by atoms with E-state index in [9.17, 15) is 9.90 Å². The Balaban J connectivity index is 1.70. The summed E-state index contributed by atoms with van der Waals surface area (Å²) in [6, 6.07) is 23.1. The second kappa shape index (κ2) is 12.1. The molecule has 0 radical (unpaired) electrons. The fourth-order valence-corrected chi connectivity index (χ4v) is 10.1. The van der Waals surface area contributed by atoms with E-state index >= 15 is 0 Å². The minimum Gasteiger partial charge on any atom is -0.481 e. The molecule has 0 saturated heterocycles. The van der Waals surface area contributed by atoms with E-state index in [1.54, 1.807) is 0 Å². The van der Waals surface area contributed by atoms with Crippen LogP contribution in [0.5, 0.6) is 5.75 Å². The van der Waals surface area contributed by atoms with Gasteiger partial charge in [0.1, 0.15) is 5.75 Å². The Morgan fingerprint density at radius 3 is 1.67 bits per heavy atom. The Morgan fingerprint density at radius 1 is 0.667 bits per heavy atom. The molecule has 2 aliphatic rings. The molecule has 0 aromatic heterocycles. The summed E-state index contributed by atoms with van der Waals surface area (Å²) >= 11 is 0. The van der Waals surface area contributed by atoms with E-state index in [1.807, 2.05) is 6.07 Å². The molecule has 42 heavy (non-hydrogen) atoms. The van der Waals surface area contributed by atoms with Crippen molar-refractivity contribution in [2.24, 2.45) is 0 Å². The van der Waals surface area contributed by atoms with Crippen LogP contribution < -0.4 is 20.7 Å². The zero-order valence-corrected chi connectivity index (χ0v) is 26.2. The maximum atomic E-state index is 11.7. The maximum Gasteiger partial charge on any atom is 0.341 e. The number of aryl methyl sites for hydroxylation is 6. The first-order valence-electron chi connectivity index (χ1n) is 15.4. The van der Waals surface area contributed by atoms with Crippen molar-refractivity contribution in [3.63, 3.8) is 0 Å². The Hall–Kier alpha value is -3.42. The standard InChI is InChI=1S/C38H41O3P/c1-24-17-25(2)20-30(19-24)42(31-21-26(3)18-27(4)22-31)35-16-14-29-10-6-8-12-33(29)38(35)37-32-11-7-5-9-28(32)13-15-34(37)41-23-36(39)40/h13-22H,5-12,23H2,1-4H3,(H,39,40). The van der Waals surface area contributed by atoms with Crippen molar-refractivity contribution in [2.45, 2.75) is 79.1 Å². The number of benzene rings is 4. The number of hydrogen-bond acceptors (Lipinski definition) is 2. The second-order valence-corrected chi connectivity index (χ2v) is 14.5. The lowest BCUT2D eigenvalue weighted by molar-refractivity contribution is -0.139. The van der Waals surface area contributed by atoms with Gasteiger partial charge in [0, 0.05) is 5.56 Å². The van der Waals surface area contributed by atoms with Gasteiger partial charge in [0.25, 0.3) is 0 Å². The summed E-state index contributed by atoms with van der Waals surface area (Å²) in [5, 5.41) is 13.7. The Kier molecular flexibility index (Phi) is 8.24. The molecule has 0 atom stereocenters. The van der Waals surface area contributed by atoms with E-state index in [-0.39, 0.29) is 6.61 Å². The molecular formula is C38H41O3P. The number of aliphatic carboxylic acids is 1. The quantitative estimate of drug-likeness (QED) is 0.231. The summed E-state index contributed by atoms with van der Waals surface area (Å²) in [7, 11) is -0.890. The largest absolute Gasteiger partial charge is 0.481 e. The minimum atomic E-state index is -0.943. The lowest BCUT2D eigenvalue weighted by Crippen LogP contribution is -2.26. The highest BCUT2D eigenvalue weighted by atomic mass is 31.1. The third-order valence-electron chi connectivity index (χ3n) is 8.78. The molecule has 0 saturated carbocycles. The van der Waals surface area contributed by atoms with Gasteiger partial charge in [-0.15, -0.1) is 0 Å². The molecule has 1 N–H and O–H groups in total. The number of hydrogen-bond donors (Lipinski definition) is 1. The molecule has 0 fully saturated rings. The van der Waals surface area contributed by atoms with E-state index in [0.29, 0.717) is 5.75 Å². The van der Waals surface area contributed by atoms with Crippen molar-refractivity contribution in [1.29, 1.82) is 0 Å². The normalized spacial score (nSPS) is 14.4. The Labute approximate surface area is 251 Å². The average molecular weight is 577 g/mol. The molecule has 0 aliphatic heterocycles. The van der Waals surface area contributed by atoms with Crippen LogP contribution in [0.4, 0.5) is 0 Å². The number of carbonyl (C=O) groups is 1. The van der Waals surface area contributed by atoms with Crippen molar-refractivity contribution in [3.8, 4) is 16.9 Å². The molecule has 0 spiro atoms. The van der Waals surface area contributed by atoms with E-state index in [2.05, 4.69) is 82.3 Å². The monoisotopic (exact) mass is 576 g/mol. The van der Waals surface area contributed by atoms with Crippen LogP contribution in [0.15, 0.2) is 60.7 Å². The predicted octanol–water partition coefficient (Wildman–Crippen LogP) is 7.57. The summed E-state index contributed by atoms with van der Waals surface area (Å²) in [4.78, 5) is 11.7. The fourth-order valence-electron chi connectivity index (χ4n) is 7.21. The number of carboxylic acids is 1. The highest BCUT2D eigenvalue weighted by Gasteiger charge is 2.30. The van der Waals surface area contributed by atoms with Crippen LogP contribution in [0, 0.1) is 27.7 Å². The van der Waals surface area contributed by atoms with Crippen molar-refractivity contribution in [1.82, 2.24) is 0 Å². The summed E-state index contributed by atoms with van der Waals surface area (Å²) in [5.41, 5.74) is 13.2. The van der Waals surface area contributed by atoms with Gasteiger partial charge in [-0.25, -0.2) is 4.79 Å². The topological polar surface area (TPSA) is 46.5 Å². The van der Waals surface area contributed by atoms with Gasteiger partial charge >= 0.3 is 5.97 Å². The van der Waals surface area contributed by atoms with Crippen LogP contribution in [-0.4, -0.2) is 17.7 Å². The first-order chi connectivity index (χ1) is 20.3. The minimum absolute atomic E-state index is 0.334. The Bertz CT molecular complexity index is 1580. The van der Waals surface area contributed by atoms with Crippen molar-refractivity contribution < 1.29 is 14.6 Å². The van der Waals surface area contributed by atoms with Crippen LogP contribution in [-0.2, 0) is 30.5 Å². The molecular weight excluding hydrogens is 535 g/mol. The van der Waals surface area contributed by atoms with E-state index in [1.165, 1.54) is 85.2 Å². The summed E-state index contributed by atoms with van der Waals surface area (Å²) in [5.74, 6) is -0.226. The van der Waals surface area contributed by atoms with Crippen LogP contribution in [0.1, 0.15) is 70.2 Å². The molecule has 0 bridgehead atoms. The molecule has 6 rings (SSSR count). The first-order valence-corrected chi connectivity index (χ1v) is 16.7. The lowest BCUT2D eigenvalue weighted by Gasteiger charge is -2.31. The van der Waals surface area contributed by atoms with Gasteiger partial charge in [0.2, 0.25) is 0 Å². The van der Waals surface area contributed by atoms with Gasteiger partial charge in [0.15, 0.2) is 6.61 Å². The van der Waals surface area contributed by atoms with Gasteiger partial charge in [-0.05, 0) is 137 Å². The highest BCUT2D eigenvalue weighted by molar-refractivity contribution is 7.80. The number of fused-ring (bicyclic) bond motifs is 2. The fraction of sp³-hybridized carbons (Fsp3) is 0.342. The smallest absolute Gasteiger partial charge is 0.341 e. The number of carboxylic acid groups (broad SMARTS) is 1. The maximum absolute atomic E-state index is 11.7. The van der Waals surface area contributed by atoms with Crippen molar-refractivity contribution in [3.05, 3.63) is 105 Å². The lowest BCUT2D eigenvalue weighted by atomic mass is 9.80. The first kappa shape index (κ1) is 28.7.